The Morgan fingerprint density at radius 2 is 1.44 bits per heavy atom. The summed E-state index contributed by atoms with van der Waals surface area (Å²) >= 11 is 0. The van der Waals surface area contributed by atoms with Crippen LogP contribution < -0.4 is 0 Å². The molecule has 0 nitrogen and oxygen atoms in total. The van der Waals surface area contributed by atoms with Crippen LogP contribution in [-0.2, 0) is 0 Å². The molecule has 0 aromatic heterocycles. The van der Waals surface area contributed by atoms with Gasteiger partial charge in [-0.25, -0.2) is 4.39 Å². The minimum Gasteiger partial charge on any atom is -0.207 e. The highest BCUT2D eigenvalue weighted by Gasteiger charge is 2.21. The molecular formula is C15H25F. The number of allylic oxidation sites excluding steroid dienone is 5. The van der Waals surface area contributed by atoms with E-state index in [0.29, 0.717) is 0 Å². The topological polar surface area (TPSA) is 0 Å². The van der Waals surface area contributed by atoms with E-state index in [1.54, 1.807) is 6.08 Å². The van der Waals surface area contributed by atoms with Crippen LogP contribution in [0.4, 0.5) is 4.39 Å². The van der Waals surface area contributed by atoms with Crippen molar-refractivity contribution in [2.24, 2.45) is 10.8 Å². The van der Waals surface area contributed by atoms with Crippen LogP contribution in [0.3, 0.4) is 0 Å². The van der Waals surface area contributed by atoms with E-state index >= 15 is 0 Å². The van der Waals surface area contributed by atoms with Crippen molar-refractivity contribution in [1.29, 1.82) is 0 Å². The summed E-state index contributed by atoms with van der Waals surface area (Å²) in [7, 11) is 0. The molecule has 0 spiro atoms. The van der Waals surface area contributed by atoms with Gasteiger partial charge in [-0.2, -0.15) is 0 Å². The van der Waals surface area contributed by atoms with Crippen LogP contribution in [0.5, 0.6) is 0 Å². The third-order valence-electron chi connectivity index (χ3n) is 2.62. The number of halogens is 1. The van der Waals surface area contributed by atoms with Gasteiger partial charge in [-0.05, 0) is 35.0 Å². The average molecular weight is 224 g/mol. The first kappa shape index (κ1) is 15.2. The van der Waals surface area contributed by atoms with Crippen LogP contribution in [0.15, 0.2) is 35.7 Å². The molecule has 16 heavy (non-hydrogen) atoms. The summed E-state index contributed by atoms with van der Waals surface area (Å²) in [4.78, 5) is 0. The van der Waals surface area contributed by atoms with Gasteiger partial charge >= 0.3 is 0 Å². The van der Waals surface area contributed by atoms with Gasteiger partial charge in [0.15, 0.2) is 0 Å². The van der Waals surface area contributed by atoms with Gasteiger partial charge in [0.1, 0.15) is 5.83 Å². The largest absolute Gasteiger partial charge is 0.207 e. The van der Waals surface area contributed by atoms with Crippen molar-refractivity contribution in [3.63, 3.8) is 0 Å². The van der Waals surface area contributed by atoms with Crippen molar-refractivity contribution in [3.8, 4) is 0 Å². The lowest BCUT2D eigenvalue weighted by molar-refractivity contribution is 0.468. The summed E-state index contributed by atoms with van der Waals surface area (Å²) in [6.07, 6.45) is 3.39. The predicted octanol–water partition coefficient (Wildman–Crippen LogP) is 5.43. The highest BCUT2D eigenvalue weighted by molar-refractivity contribution is 5.36. The zero-order valence-electron chi connectivity index (χ0n) is 11.7. The minimum atomic E-state index is -0.173. The van der Waals surface area contributed by atoms with Crippen molar-refractivity contribution in [2.75, 3.05) is 0 Å². The predicted molar refractivity (Wildman–Crippen MR) is 71.0 cm³/mol. The third kappa shape index (κ3) is 4.34. The minimum absolute atomic E-state index is 0.0892. The Labute approximate surface area is 99.9 Å². The molecule has 0 aromatic rings. The molecule has 0 rings (SSSR count). The fourth-order valence-electron chi connectivity index (χ4n) is 1.38. The van der Waals surface area contributed by atoms with E-state index in [1.807, 2.05) is 54.5 Å². The van der Waals surface area contributed by atoms with E-state index < -0.39 is 0 Å². The van der Waals surface area contributed by atoms with E-state index in [1.165, 1.54) is 0 Å². The molecule has 0 aromatic carbocycles. The molecule has 0 N–H and O–H groups in total. The average Bonchev–Trinajstić information content (AvgIpc) is 2.00. The molecule has 0 aliphatic carbocycles. The van der Waals surface area contributed by atoms with Gasteiger partial charge in [-0.3, -0.25) is 0 Å². The molecule has 0 aliphatic heterocycles. The van der Waals surface area contributed by atoms with E-state index in [4.69, 9.17) is 0 Å². The molecule has 0 atom stereocenters. The first-order valence-corrected chi connectivity index (χ1v) is 5.74. The monoisotopic (exact) mass is 224 g/mol. The maximum atomic E-state index is 14.1. The van der Waals surface area contributed by atoms with Gasteiger partial charge in [-0.15, -0.1) is 0 Å². The Kier molecular flexibility index (Phi) is 4.72. The molecule has 92 valence electrons. The van der Waals surface area contributed by atoms with Crippen molar-refractivity contribution < 1.29 is 4.39 Å². The molecule has 0 amide bonds. The van der Waals surface area contributed by atoms with Gasteiger partial charge < -0.3 is 0 Å². The van der Waals surface area contributed by atoms with Gasteiger partial charge in [0, 0.05) is 0 Å². The quantitative estimate of drug-likeness (QED) is 0.548. The standard InChI is InChI=1S/C15H25F/c1-9-12(15(6,7)8)13(16)10-11(2)14(3,4)5/h9-10H,2H2,1,3-8H3/b12-9+,13-10+. The molecule has 0 heterocycles. The summed E-state index contributed by atoms with van der Waals surface area (Å²) in [5, 5.41) is 0. The molecule has 0 radical (unpaired) electrons. The van der Waals surface area contributed by atoms with Crippen molar-refractivity contribution in [1.82, 2.24) is 0 Å². The lowest BCUT2D eigenvalue weighted by atomic mass is 9.82. The maximum absolute atomic E-state index is 14.1. The molecule has 0 saturated heterocycles. The van der Waals surface area contributed by atoms with Crippen LogP contribution in [0, 0.1) is 10.8 Å². The summed E-state index contributed by atoms with van der Waals surface area (Å²) < 4.78 is 14.1. The first-order chi connectivity index (χ1) is 7.00. The lowest BCUT2D eigenvalue weighted by Gasteiger charge is -2.23. The molecule has 1 heteroatoms. The molecule has 0 saturated carbocycles. The third-order valence-corrected chi connectivity index (χ3v) is 2.62. The van der Waals surface area contributed by atoms with Crippen molar-refractivity contribution in [2.45, 2.75) is 48.5 Å². The SMILES string of the molecule is C=C(/C=C(F)\C(=C/C)C(C)(C)C)C(C)(C)C. The van der Waals surface area contributed by atoms with Gasteiger partial charge in [0.05, 0.1) is 0 Å². The van der Waals surface area contributed by atoms with Crippen LogP contribution in [0.2, 0.25) is 0 Å². The highest BCUT2D eigenvalue weighted by atomic mass is 19.1. The summed E-state index contributed by atoms with van der Waals surface area (Å²) in [6.45, 7) is 17.9. The van der Waals surface area contributed by atoms with E-state index in [0.717, 1.165) is 11.1 Å². The normalized spacial score (nSPS) is 15.2. The van der Waals surface area contributed by atoms with Crippen molar-refractivity contribution in [3.05, 3.63) is 35.7 Å². The molecular weight excluding hydrogens is 199 g/mol. The van der Waals surface area contributed by atoms with Crippen LogP contribution in [0.25, 0.3) is 0 Å². The Morgan fingerprint density at radius 3 is 1.69 bits per heavy atom. The first-order valence-electron chi connectivity index (χ1n) is 5.74. The van der Waals surface area contributed by atoms with Gasteiger partial charge in [0.2, 0.25) is 0 Å². The van der Waals surface area contributed by atoms with Gasteiger partial charge in [0.25, 0.3) is 0 Å². The maximum Gasteiger partial charge on any atom is 0.126 e. The Bertz CT molecular complexity index is 316. The number of rotatable bonds is 2. The fourth-order valence-corrected chi connectivity index (χ4v) is 1.38. The zero-order valence-corrected chi connectivity index (χ0v) is 11.7. The van der Waals surface area contributed by atoms with Crippen LogP contribution in [-0.4, -0.2) is 0 Å². The summed E-state index contributed by atoms with van der Waals surface area (Å²) in [5.41, 5.74) is 1.29. The Hall–Kier alpha value is -0.850. The molecule has 0 bridgehead atoms. The van der Waals surface area contributed by atoms with Crippen LogP contribution >= 0.6 is 0 Å². The van der Waals surface area contributed by atoms with E-state index in [2.05, 4.69) is 6.58 Å². The Morgan fingerprint density at radius 1 is 1.00 bits per heavy atom. The fraction of sp³-hybridized carbons (Fsp3) is 0.600. The smallest absolute Gasteiger partial charge is 0.126 e. The molecule has 0 unspecified atom stereocenters. The second-order valence-electron chi connectivity index (χ2n) is 6.22. The molecule has 0 fully saturated rings. The second-order valence-corrected chi connectivity index (χ2v) is 6.22. The summed E-state index contributed by atoms with van der Waals surface area (Å²) in [6, 6.07) is 0. The number of hydrogen-bond acceptors (Lipinski definition) is 0. The Balaban J connectivity index is 5.15. The molecule has 0 aliphatic rings. The zero-order chi connectivity index (χ0) is 13.1. The number of hydrogen-bond donors (Lipinski definition) is 0. The summed E-state index contributed by atoms with van der Waals surface area (Å²) in [5.74, 6) is -0.171. The second kappa shape index (κ2) is 4.99. The van der Waals surface area contributed by atoms with E-state index in [-0.39, 0.29) is 16.7 Å². The lowest BCUT2D eigenvalue weighted by Crippen LogP contribution is -2.11. The highest BCUT2D eigenvalue weighted by Crippen LogP contribution is 2.34. The van der Waals surface area contributed by atoms with Crippen LogP contribution in [0.1, 0.15) is 48.5 Å². The van der Waals surface area contributed by atoms with Crippen molar-refractivity contribution >= 4 is 0 Å². The van der Waals surface area contributed by atoms with Gasteiger partial charge in [-0.1, -0.05) is 54.2 Å². The van der Waals surface area contributed by atoms with E-state index in [9.17, 15) is 4.39 Å².